The highest BCUT2D eigenvalue weighted by molar-refractivity contribution is 5.71. The summed E-state index contributed by atoms with van der Waals surface area (Å²) in [5.74, 6) is -0.878. The van der Waals surface area contributed by atoms with Gasteiger partial charge in [0.2, 0.25) is 0 Å². The van der Waals surface area contributed by atoms with Crippen LogP contribution in [0.4, 0.5) is 0 Å². The Morgan fingerprint density at radius 2 is 0.493 bits per heavy atom. The summed E-state index contributed by atoms with van der Waals surface area (Å²) >= 11 is 0. The monoisotopic (exact) mass is 1020 g/mol. The molecule has 0 aromatic rings. The van der Waals surface area contributed by atoms with E-state index in [1.165, 1.54) is 193 Å². The van der Waals surface area contributed by atoms with Crippen molar-refractivity contribution in [2.24, 2.45) is 0 Å². The molecule has 0 fully saturated rings. The fourth-order valence-electron chi connectivity index (χ4n) is 9.19. The highest BCUT2D eigenvalue weighted by Gasteiger charge is 2.19. The van der Waals surface area contributed by atoms with Gasteiger partial charge in [-0.25, -0.2) is 0 Å². The van der Waals surface area contributed by atoms with Gasteiger partial charge in [-0.05, 0) is 89.9 Å². The second kappa shape index (κ2) is 61.7. The van der Waals surface area contributed by atoms with Gasteiger partial charge in [0.15, 0.2) is 6.10 Å². The molecule has 6 nitrogen and oxygen atoms in total. The fraction of sp³-hybridized carbons (Fsp3) is 0.806. The van der Waals surface area contributed by atoms with E-state index in [0.29, 0.717) is 19.3 Å². The number of hydrogen-bond donors (Lipinski definition) is 0. The molecule has 0 bridgehead atoms. The zero-order valence-electron chi connectivity index (χ0n) is 48.7. The first-order valence-corrected chi connectivity index (χ1v) is 31.8. The molecule has 0 aliphatic heterocycles. The number of allylic oxidation sites excluding steroid dienone is 10. The van der Waals surface area contributed by atoms with Crippen LogP contribution in [0.3, 0.4) is 0 Å². The Bertz CT molecular complexity index is 1310. The molecular weight excluding hydrogens is 901 g/mol. The minimum Gasteiger partial charge on any atom is -0.462 e. The van der Waals surface area contributed by atoms with Gasteiger partial charge in [0.1, 0.15) is 13.2 Å². The van der Waals surface area contributed by atoms with Gasteiger partial charge < -0.3 is 14.2 Å². The lowest BCUT2D eigenvalue weighted by Gasteiger charge is -2.18. The van der Waals surface area contributed by atoms with Crippen molar-refractivity contribution in [3.8, 4) is 0 Å². The molecule has 1 atom stereocenters. The van der Waals surface area contributed by atoms with Crippen molar-refractivity contribution in [3.63, 3.8) is 0 Å². The Morgan fingerprint density at radius 1 is 0.274 bits per heavy atom. The molecule has 0 amide bonds. The second-order valence-electron chi connectivity index (χ2n) is 21.3. The molecule has 0 aromatic heterocycles. The Labute approximate surface area is 453 Å². The number of esters is 3. The Hall–Kier alpha value is -2.89. The van der Waals surface area contributed by atoms with Crippen molar-refractivity contribution >= 4 is 17.9 Å². The minimum absolute atomic E-state index is 0.0771. The molecule has 0 aliphatic rings. The third-order valence-corrected chi connectivity index (χ3v) is 14.0. The van der Waals surface area contributed by atoms with Gasteiger partial charge in [0.25, 0.3) is 0 Å². The van der Waals surface area contributed by atoms with Crippen molar-refractivity contribution in [1.82, 2.24) is 0 Å². The molecule has 0 radical (unpaired) electrons. The molecule has 73 heavy (non-hydrogen) atoms. The standard InChI is InChI=1S/C67H120O6/c1-4-7-10-13-16-19-22-25-27-29-30-31-32-33-34-35-36-37-38-39-41-42-45-48-51-54-57-60-66(69)72-63-64(62-71-65(68)59-56-53-50-47-44-24-21-18-15-12-9-6-3)73-67(70)61-58-55-52-49-46-43-40-28-26-23-20-17-14-11-8-5-2/h20,22-23,25,28-30,32-33,40,64H,4-19,21,24,26-27,31,34-39,41-63H2,1-3H3/b23-20-,25-22-,30-29-,33-32-,40-28-. The molecule has 0 saturated carbocycles. The van der Waals surface area contributed by atoms with E-state index in [4.69, 9.17) is 14.2 Å². The molecule has 1 unspecified atom stereocenters. The summed E-state index contributed by atoms with van der Waals surface area (Å²) in [5.41, 5.74) is 0. The van der Waals surface area contributed by atoms with Crippen molar-refractivity contribution in [3.05, 3.63) is 60.8 Å². The Kier molecular flexibility index (Phi) is 59.2. The third-order valence-electron chi connectivity index (χ3n) is 14.0. The number of unbranched alkanes of at least 4 members (excludes halogenated alkanes) is 37. The van der Waals surface area contributed by atoms with Crippen LogP contribution in [0, 0.1) is 0 Å². The van der Waals surface area contributed by atoms with Crippen LogP contribution in [0.5, 0.6) is 0 Å². The lowest BCUT2D eigenvalue weighted by atomic mass is 10.0. The number of carbonyl (C=O) groups excluding carboxylic acids is 3. The summed E-state index contributed by atoms with van der Waals surface area (Å²) in [5, 5.41) is 0. The summed E-state index contributed by atoms with van der Waals surface area (Å²) in [6.45, 7) is 6.63. The molecular formula is C67H120O6. The van der Waals surface area contributed by atoms with Crippen molar-refractivity contribution in [2.75, 3.05) is 13.2 Å². The first-order valence-electron chi connectivity index (χ1n) is 31.8. The predicted molar refractivity (Wildman–Crippen MR) is 316 cm³/mol. The molecule has 0 aliphatic carbocycles. The summed E-state index contributed by atoms with van der Waals surface area (Å²) in [6.07, 6.45) is 78.0. The van der Waals surface area contributed by atoms with E-state index in [1.807, 2.05) is 0 Å². The minimum atomic E-state index is -0.780. The van der Waals surface area contributed by atoms with Crippen LogP contribution in [-0.2, 0) is 28.6 Å². The zero-order valence-corrected chi connectivity index (χ0v) is 48.7. The van der Waals surface area contributed by atoms with Gasteiger partial charge in [0, 0.05) is 19.3 Å². The van der Waals surface area contributed by atoms with Crippen molar-refractivity contribution in [2.45, 2.75) is 335 Å². The maximum absolute atomic E-state index is 12.9. The summed E-state index contributed by atoms with van der Waals surface area (Å²) in [4.78, 5) is 38.2. The van der Waals surface area contributed by atoms with Crippen LogP contribution in [-0.4, -0.2) is 37.2 Å². The quantitative estimate of drug-likeness (QED) is 0.0261. The highest BCUT2D eigenvalue weighted by atomic mass is 16.6. The molecule has 0 rings (SSSR count). The summed E-state index contributed by atoms with van der Waals surface area (Å²) in [6, 6.07) is 0. The summed E-state index contributed by atoms with van der Waals surface area (Å²) < 4.78 is 16.9. The fourth-order valence-corrected chi connectivity index (χ4v) is 9.19. The molecule has 0 heterocycles. The van der Waals surface area contributed by atoms with Crippen LogP contribution < -0.4 is 0 Å². The smallest absolute Gasteiger partial charge is 0.306 e. The van der Waals surface area contributed by atoms with E-state index in [0.717, 1.165) is 96.3 Å². The molecule has 0 N–H and O–H groups in total. The van der Waals surface area contributed by atoms with Crippen LogP contribution in [0.1, 0.15) is 329 Å². The highest BCUT2D eigenvalue weighted by Crippen LogP contribution is 2.16. The SMILES string of the molecule is CCCCCC/C=C\C/C=C\CCCCCCCC(=O)OC(COC(=O)CCCCCCCCCCCCCC)COC(=O)CCCCCCCCCCCCCC/C=C\C/C=C\C/C=C\CCCCCCC. The number of rotatable bonds is 58. The number of ether oxygens (including phenoxy) is 3. The normalized spacial score (nSPS) is 12.4. The van der Waals surface area contributed by atoms with Gasteiger partial charge in [-0.15, -0.1) is 0 Å². The first-order chi connectivity index (χ1) is 36.0. The largest absolute Gasteiger partial charge is 0.462 e. The van der Waals surface area contributed by atoms with Crippen LogP contribution in [0.2, 0.25) is 0 Å². The topological polar surface area (TPSA) is 78.9 Å². The predicted octanol–water partition coefficient (Wildman–Crippen LogP) is 21.6. The van der Waals surface area contributed by atoms with Gasteiger partial charge in [0.05, 0.1) is 0 Å². The molecule has 424 valence electrons. The average Bonchev–Trinajstić information content (AvgIpc) is 3.39. The van der Waals surface area contributed by atoms with E-state index in [2.05, 4.69) is 81.5 Å². The number of hydrogen-bond acceptors (Lipinski definition) is 6. The maximum atomic E-state index is 12.9. The van der Waals surface area contributed by atoms with E-state index >= 15 is 0 Å². The van der Waals surface area contributed by atoms with Gasteiger partial charge in [-0.1, -0.05) is 281 Å². The van der Waals surface area contributed by atoms with Crippen LogP contribution in [0.25, 0.3) is 0 Å². The average molecular weight is 1020 g/mol. The molecule has 0 aromatic carbocycles. The lowest BCUT2D eigenvalue weighted by Crippen LogP contribution is -2.30. The Morgan fingerprint density at radius 3 is 0.781 bits per heavy atom. The summed E-state index contributed by atoms with van der Waals surface area (Å²) in [7, 11) is 0. The molecule has 6 heteroatoms. The Balaban J connectivity index is 4.25. The maximum Gasteiger partial charge on any atom is 0.306 e. The second-order valence-corrected chi connectivity index (χ2v) is 21.3. The van der Waals surface area contributed by atoms with Gasteiger partial charge in [-0.2, -0.15) is 0 Å². The van der Waals surface area contributed by atoms with Crippen LogP contribution in [0.15, 0.2) is 60.8 Å². The first kappa shape index (κ1) is 70.1. The molecule has 0 spiro atoms. The van der Waals surface area contributed by atoms with Crippen molar-refractivity contribution in [1.29, 1.82) is 0 Å². The number of carbonyl (C=O) groups is 3. The van der Waals surface area contributed by atoms with E-state index < -0.39 is 6.10 Å². The van der Waals surface area contributed by atoms with E-state index in [-0.39, 0.29) is 31.1 Å². The van der Waals surface area contributed by atoms with Crippen molar-refractivity contribution < 1.29 is 28.6 Å². The van der Waals surface area contributed by atoms with E-state index in [9.17, 15) is 14.4 Å². The zero-order chi connectivity index (χ0) is 52.9. The van der Waals surface area contributed by atoms with Gasteiger partial charge in [-0.3, -0.25) is 14.4 Å². The molecule has 0 saturated heterocycles. The third kappa shape index (κ3) is 59.9. The van der Waals surface area contributed by atoms with Crippen LogP contribution >= 0.6 is 0 Å². The van der Waals surface area contributed by atoms with Gasteiger partial charge >= 0.3 is 17.9 Å². The van der Waals surface area contributed by atoms with E-state index in [1.54, 1.807) is 0 Å². The lowest BCUT2D eigenvalue weighted by molar-refractivity contribution is -0.167.